The van der Waals surface area contributed by atoms with Gasteiger partial charge in [0, 0.05) is 4.88 Å². The Morgan fingerprint density at radius 3 is 2.54 bits per heavy atom. The Balaban J connectivity index is 2.69. The van der Waals surface area contributed by atoms with E-state index in [-0.39, 0.29) is 0 Å². The molecule has 1 unspecified atom stereocenters. The highest BCUT2D eigenvalue weighted by Crippen LogP contribution is 2.40. The molecule has 0 aliphatic heterocycles. The number of hydrogen-bond donors (Lipinski definition) is 0. The first-order chi connectivity index (χ1) is 5.90. The topological polar surface area (TPSA) is 0 Å². The van der Waals surface area contributed by atoms with Crippen molar-refractivity contribution < 1.29 is 13.2 Å². The molecule has 0 amide bonds. The molecular formula is C7H5BrClF3S. The second-order valence-corrected chi connectivity index (χ2v) is 4.88. The molecule has 1 rings (SSSR count). The normalized spacial score (nSPS) is 14.5. The lowest BCUT2D eigenvalue weighted by atomic mass is 10.2. The van der Waals surface area contributed by atoms with Crippen molar-refractivity contribution in [3.63, 3.8) is 0 Å². The van der Waals surface area contributed by atoms with Gasteiger partial charge in [0.15, 0.2) is 0 Å². The highest BCUT2D eigenvalue weighted by atomic mass is 79.9. The SMILES string of the molecule is FC(F)(F)CC(Br)c1sccc1Cl. The monoisotopic (exact) mass is 292 g/mol. The van der Waals surface area contributed by atoms with Crippen LogP contribution in [0.15, 0.2) is 11.4 Å². The summed E-state index contributed by atoms with van der Waals surface area (Å²) in [5.41, 5.74) is 0. The van der Waals surface area contributed by atoms with Gasteiger partial charge in [-0.2, -0.15) is 13.2 Å². The smallest absolute Gasteiger partial charge is 0.171 e. The van der Waals surface area contributed by atoms with E-state index in [9.17, 15) is 13.2 Å². The average Bonchev–Trinajstić information content (AvgIpc) is 2.30. The summed E-state index contributed by atoms with van der Waals surface area (Å²) in [5.74, 6) is 0. The minimum Gasteiger partial charge on any atom is -0.171 e. The van der Waals surface area contributed by atoms with Crippen molar-refractivity contribution >= 4 is 38.9 Å². The van der Waals surface area contributed by atoms with Crippen molar-refractivity contribution in [3.05, 3.63) is 21.3 Å². The van der Waals surface area contributed by atoms with Gasteiger partial charge < -0.3 is 0 Å². The van der Waals surface area contributed by atoms with E-state index >= 15 is 0 Å². The van der Waals surface area contributed by atoms with E-state index in [0.29, 0.717) is 9.90 Å². The summed E-state index contributed by atoms with van der Waals surface area (Å²) in [6.45, 7) is 0. The van der Waals surface area contributed by atoms with Gasteiger partial charge >= 0.3 is 6.18 Å². The Morgan fingerprint density at radius 1 is 1.54 bits per heavy atom. The van der Waals surface area contributed by atoms with Crippen molar-refractivity contribution in [2.45, 2.75) is 17.4 Å². The zero-order valence-corrected chi connectivity index (χ0v) is 9.40. The van der Waals surface area contributed by atoms with Crippen LogP contribution >= 0.6 is 38.9 Å². The van der Waals surface area contributed by atoms with Crippen LogP contribution in [0.5, 0.6) is 0 Å². The second-order valence-electron chi connectivity index (χ2n) is 2.42. The quantitative estimate of drug-likeness (QED) is 0.688. The van der Waals surface area contributed by atoms with Gasteiger partial charge in [-0.1, -0.05) is 27.5 Å². The van der Waals surface area contributed by atoms with E-state index in [1.54, 1.807) is 11.4 Å². The third-order valence-electron chi connectivity index (χ3n) is 1.34. The Kier molecular flexibility index (Phi) is 3.65. The standard InChI is InChI=1S/C7H5BrClF3S/c8-4(3-7(10,11)12)6-5(9)1-2-13-6/h1-2,4H,3H2. The van der Waals surface area contributed by atoms with Crippen molar-refractivity contribution in [2.24, 2.45) is 0 Å². The van der Waals surface area contributed by atoms with Crippen molar-refractivity contribution in [3.8, 4) is 0 Å². The van der Waals surface area contributed by atoms with E-state index in [1.807, 2.05) is 0 Å². The van der Waals surface area contributed by atoms with Crippen LogP contribution in [-0.2, 0) is 0 Å². The molecule has 0 fully saturated rings. The second kappa shape index (κ2) is 4.19. The fraction of sp³-hybridized carbons (Fsp3) is 0.429. The molecule has 1 aromatic heterocycles. The molecule has 0 N–H and O–H groups in total. The number of rotatable bonds is 2. The van der Waals surface area contributed by atoms with E-state index < -0.39 is 17.4 Å². The molecule has 13 heavy (non-hydrogen) atoms. The average molecular weight is 294 g/mol. The third kappa shape index (κ3) is 3.48. The summed E-state index contributed by atoms with van der Waals surface area (Å²) in [7, 11) is 0. The summed E-state index contributed by atoms with van der Waals surface area (Å²) < 4.78 is 35.9. The van der Waals surface area contributed by atoms with Gasteiger partial charge in [-0.25, -0.2) is 0 Å². The predicted octanol–water partition coefficient (Wildman–Crippen LogP) is 4.79. The summed E-state index contributed by atoms with van der Waals surface area (Å²) in [6, 6.07) is 1.59. The Labute approximate surface area is 90.8 Å². The first kappa shape index (κ1) is 11.3. The Morgan fingerprint density at radius 2 is 2.15 bits per heavy atom. The molecular weight excluding hydrogens is 288 g/mol. The predicted molar refractivity (Wildman–Crippen MR) is 51.7 cm³/mol. The lowest BCUT2D eigenvalue weighted by Gasteiger charge is -2.11. The summed E-state index contributed by atoms with van der Waals surface area (Å²) in [4.78, 5) is -0.209. The molecule has 1 atom stereocenters. The van der Waals surface area contributed by atoms with Gasteiger partial charge in [0.2, 0.25) is 0 Å². The van der Waals surface area contributed by atoms with E-state index in [1.165, 1.54) is 11.3 Å². The van der Waals surface area contributed by atoms with E-state index in [2.05, 4.69) is 15.9 Å². The van der Waals surface area contributed by atoms with Crippen molar-refractivity contribution in [1.29, 1.82) is 0 Å². The molecule has 1 aromatic rings. The van der Waals surface area contributed by atoms with Crippen molar-refractivity contribution in [1.82, 2.24) is 0 Å². The summed E-state index contributed by atoms with van der Waals surface area (Å²) in [5, 5.41) is 2.05. The molecule has 0 aliphatic rings. The first-order valence-electron chi connectivity index (χ1n) is 3.34. The van der Waals surface area contributed by atoms with Crippen LogP contribution < -0.4 is 0 Å². The fourth-order valence-electron chi connectivity index (χ4n) is 0.825. The fourth-order valence-corrected chi connectivity index (χ4v) is 3.06. The molecule has 0 bridgehead atoms. The van der Waals surface area contributed by atoms with Crippen molar-refractivity contribution in [2.75, 3.05) is 0 Å². The van der Waals surface area contributed by atoms with Crippen LogP contribution in [0, 0.1) is 0 Å². The molecule has 0 aromatic carbocycles. The van der Waals surface area contributed by atoms with Crippen LogP contribution in [0.4, 0.5) is 13.2 Å². The minimum absolute atomic E-state index is 0.385. The largest absolute Gasteiger partial charge is 0.390 e. The number of alkyl halides is 4. The number of halogens is 5. The minimum atomic E-state index is -4.17. The number of hydrogen-bond acceptors (Lipinski definition) is 1. The maximum atomic E-state index is 12.0. The lowest BCUT2D eigenvalue weighted by Crippen LogP contribution is -2.09. The molecule has 0 nitrogen and oxygen atoms in total. The van der Waals surface area contributed by atoms with Gasteiger partial charge in [0.05, 0.1) is 16.3 Å². The van der Waals surface area contributed by atoms with Gasteiger partial charge in [-0.05, 0) is 11.4 Å². The highest BCUT2D eigenvalue weighted by Gasteiger charge is 2.32. The first-order valence-corrected chi connectivity index (χ1v) is 5.51. The molecule has 0 saturated heterocycles. The highest BCUT2D eigenvalue weighted by molar-refractivity contribution is 9.09. The molecule has 0 spiro atoms. The van der Waals surface area contributed by atoms with Crippen LogP contribution in [0.2, 0.25) is 5.02 Å². The van der Waals surface area contributed by atoms with Crippen LogP contribution in [0.25, 0.3) is 0 Å². The van der Waals surface area contributed by atoms with Gasteiger partial charge in [-0.15, -0.1) is 11.3 Å². The van der Waals surface area contributed by atoms with Gasteiger partial charge in [0.25, 0.3) is 0 Å². The Bertz CT molecular complexity index is 284. The Hall–Kier alpha value is 0.260. The molecule has 6 heteroatoms. The van der Waals surface area contributed by atoms with Gasteiger partial charge in [0.1, 0.15) is 0 Å². The van der Waals surface area contributed by atoms with E-state index in [4.69, 9.17) is 11.6 Å². The summed E-state index contributed by atoms with van der Waals surface area (Å²) >= 11 is 9.85. The zero-order valence-electron chi connectivity index (χ0n) is 6.24. The molecule has 74 valence electrons. The maximum absolute atomic E-state index is 12.0. The molecule has 0 radical (unpaired) electrons. The van der Waals surface area contributed by atoms with Crippen LogP contribution in [0.1, 0.15) is 16.1 Å². The van der Waals surface area contributed by atoms with Crippen LogP contribution in [-0.4, -0.2) is 6.18 Å². The molecule has 0 saturated carbocycles. The molecule has 0 aliphatic carbocycles. The van der Waals surface area contributed by atoms with Gasteiger partial charge in [-0.3, -0.25) is 0 Å². The molecule has 1 heterocycles. The number of thiophene rings is 1. The maximum Gasteiger partial charge on any atom is 0.390 e. The van der Waals surface area contributed by atoms with E-state index in [0.717, 1.165) is 0 Å². The summed E-state index contributed by atoms with van der Waals surface area (Å²) in [6.07, 6.45) is -5.06. The lowest BCUT2D eigenvalue weighted by molar-refractivity contribution is -0.134. The van der Waals surface area contributed by atoms with Crippen LogP contribution in [0.3, 0.4) is 0 Å². The third-order valence-corrected chi connectivity index (χ3v) is 3.90. The zero-order chi connectivity index (χ0) is 10.1.